The summed E-state index contributed by atoms with van der Waals surface area (Å²) in [5, 5.41) is 18.5. The summed E-state index contributed by atoms with van der Waals surface area (Å²) in [4.78, 5) is 15.6. The molecule has 2 aromatic heterocycles. The van der Waals surface area contributed by atoms with E-state index in [-0.39, 0.29) is 25.4 Å². The lowest BCUT2D eigenvalue weighted by molar-refractivity contribution is 0.0697. The van der Waals surface area contributed by atoms with Crippen LogP contribution in [0.15, 0.2) is 40.9 Å². The summed E-state index contributed by atoms with van der Waals surface area (Å²) >= 11 is 0. The lowest BCUT2D eigenvalue weighted by atomic mass is 10.1. The van der Waals surface area contributed by atoms with Gasteiger partial charge in [0.1, 0.15) is 41.6 Å². The molecule has 0 saturated heterocycles. The first-order valence-electron chi connectivity index (χ1n) is 7.66. The van der Waals surface area contributed by atoms with Gasteiger partial charge in [0, 0.05) is 5.39 Å². The zero-order valence-electron chi connectivity index (χ0n) is 13.6. The van der Waals surface area contributed by atoms with Gasteiger partial charge in [-0.25, -0.2) is 4.79 Å². The van der Waals surface area contributed by atoms with Crippen LogP contribution >= 0.6 is 0 Å². The quantitative estimate of drug-likeness (QED) is 0.680. The Morgan fingerprint density at radius 3 is 2.68 bits per heavy atom. The van der Waals surface area contributed by atoms with Crippen molar-refractivity contribution in [1.29, 1.82) is 0 Å². The van der Waals surface area contributed by atoms with Crippen LogP contribution in [0.3, 0.4) is 0 Å². The van der Waals surface area contributed by atoms with E-state index >= 15 is 0 Å². The Kier molecular flexibility index (Phi) is 4.85. The van der Waals surface area contributed by atoms with Gasteiger partial charge in [0.25, 0.3) is 0 Å². The van der Waals surface area contributed by atoms with Gasteiger partial charge in [-0.2, -0.15) is 0 Å². The van der Waals surface area contributed by atoms with Crippen molar-refractivity contribution in [3.63, 3.8) is 0 Å². The molecule has 7 heteroatoms. The van der Waals surface area contributed by atoms with Crippen LogP contribution < -0.4 is 9.47 Å². The van der Waals surface area contributed by atoms with Crippen molar-refractivity contribution in [3.05, 3.63) is 53.5 Å². The Balaban J connectivity index is 1.72. The van der Waals surface area contributed by atoms with Crippen LogP contribution in [-0.4, -0.2) is 34.4 Å². The van der Waals surface area contributed by atoms with E-state index in [1.807, 2.05) is 0 Å². The number of rotatable bonds is 7. The molecule has 0 atom stereocenters. The molecule has 0 bridgehead atoms. The number of aliphatic hydroxyl groups excluding tert-OH is 1. The molecule has 0 unspecified atom stereocenters. The summed E-state index contributed by atoms with van der Waals surface area (Å²) in [5.74, 6) is 0.422. The van der Waals surface area contributed by atoms with Gasteiger partial charge in [-0.05, 0) is 37.3 Å². The molecule has 0 fully saturated rings. The Labute approximate surface area is 143 Å². The highest BCUT2D eigenvalue weighted by atomic mass is 16.5. The summed E-state index contributed by atoms with van der Waals surface area (Å²) < 4.78 is 16.4. The fourth-order valence-corrected chi connectivity index (χ4v) is 2.46. The number of aromatic carboxylic acids is 1. The zero-order chi connectivity index (χ0) is 17.8. The predicted molar refractivity (Wildman–Crippen MR) is 89.1 cm³/mol. The smallest absolute Gasteiger partial charge is 0.339 e. The summed E-state index contributed by atoms with van der Waals surface area (Å²) in [6, 6.07) is 8.55. The first-order valence-corrected chi connectivity index (χ1v) is 7.66. The van der Waals surface area contributed by atoms with Gasteiger partial charge in [0.15, 0.2) is 0 Å². The normalized spacial score (nSPS) is 10.8. The molecule has 3 aromatic rings. The number of aliphatic hydroxyl groups is 1. The molecule has 0 saturated carbocycles. The van der Waals surface area contributed by atoms with E-state index in [0.717, 1.165) is 0 Å². The van der Waals surface area contributed by atoms with Gasteiger partial charge in [-0.15, -0.1) is 0 Å². The second-order valence-corrected chi connectivity index (χ2v) is 5.34. The molecular formula is C18H17NO6. The number of furan rings is 1. The van der Waals surface area contributed by atoms with Crippen LogP contribution in [0.5, 0.6) is 11.5 Å². The largest absolute Gasteiger partial charge is 0.490 e. The van der Waals surface area contributed by atoms with Crippen LogP contribution in [0.4, 0.5) is 0 Å². The van der Waals surface area contributed by atoms with Crippen LogP contribution in [0, 0.1) is 6.92 Å². The number of carboxylic acids is 1. The minimum atomic E-state index is -1.03. The molecule has 0 aliphatic carbocycles. The number of ether oxygens (including phenoxy) is 2. The van der Waals surface area contributed by atoms with E-state index in [2.05, 4.69) is 4.98 Å². The standard InChI is InChI=1S/C18H17NO6/c1-11-17(18(21)22)15-8-13(4-5-16(15)25-11)24-10-12-2-3-14(9-19-12)23-7-6-20/h2-5,8-9,20H,6-7,10H2,1H3,(H,21,22). The minimum Gasteiger partial charge on any atom is -0.490 e. The van der Waals surface area contributed by atoms with E-state index in [0.29, 0.717) is 33.9 Å². The van der Waals surface area contributed by atoms with E-state index in [1.54, 1.807) is 43.5 Å². The molecule has 0 amide bonds. The zero-order valence-corrected chi connectivity index (χ0v) is 13.6. The first-order chi connectivity index (χ1) is 12.1. The van der Waals surface area contributed by atoms with E-state index in [4.69, 9.17) is 19.0 Å². The highest BCUT2D eigenvalue weighted by molar-refractivity contribution is 6.03. The Bertz CT molecular complexity index is 884. The van der Waals surface area contributed by atoms with Gasteiger partial charge in [0.2, 0.25) is 0 Å². The molecule has 2 N–H and O–H groups in total. The van der Waals surface area contributed by atoms with Crippen LogP contribution in [0.25, 0.3) is 11.0 Å². The van der Waals surface area contributed by atoms with Crippen molar-refractivity contribution in [2.75, 3.05) is 13.2 Å². The molecule has 0 radical (unpaired) electrons. The van der Waals surface area contributed by atoms with E-state index in [9.17, 15) is 9.90 Å². The predicted octanol–water partition coefficient (Wildman–Crippen LogP) is 2.78. The van der Waals surface area contributed by atoms with Gasteiger partial charge in [-0.1, -0.05) is 0 Å². The number of nitrogens with zero attached hydrogens (tertiary/aromatic N) is 1. The lowest BCUT2D eigenvalue weighted by Crippen LogP contribution is -2.03. The third kappa shape index (κ3) is 3.72. The Morgan fingerprint density at radius 1 is 1.20 bits per heavy atom. The second-order valence-electron chi connectivity index (χ2n) is 5.34. The second kappa shape index (κ2) is 7.23. The lowest BCUT2D eigenvalue weighted by Gasteiger charge is -2.07. The van der Waals surface area contributed by atoms with Gasteiger partial charge in [0.05, 0.1) is 18.5 Å². The Morgan fingerprint density at radius 2 is 2.00 bits per heavy atom. The summed E-state index contributed by atoms with van der Waals surface area (Å²) in [5.41, 5.74) is 1.34. The number of pyridine rings is 1. The molecular weight excluding hydrogens is 326 g/mol. The molecule has 0 aliphatic heterocycles. The highest BCUT2D eigenvalue weighted by Gasteiger charge is 2.17. The van der Waals surface area contributed by atoms with E-state index < -0.39 is 5.97 Å². The number of aromatic nitrogens is 1. The monoisotopic (exact) mass is 343 g/mol. The molecule has 25 heavy (non-hydrogen) atoms. The van der Waals surface area contributed by atoms with Gasteiger partial charge < -0.3 is 24.1 Å². The van der Waals surface area contributed by atoms with Crippen LogP contribution in [-0.2, 0) is 6.61 Å². The summed E-state index contributed by atoms with van der Waals surface area (Å²) in [6.45, 7) is 2.01. The van der Waals surface area contributed by atoms with Crippen molar-refractivity contribution in [1.82, 2.24) is 4.98 Å². The molecule has 7 nitrogen and oxygen atoms in total. The number of hydrogen-bond acceptors (Lipinski definition) is 6. The molecule has 2 heterocycles. The average molecular weight is 343 g/mol. The highest BCUT2D eigenvalue weighted by Crippen LogP contribution is 2.29. The number of hydrogen-bond donors (Lipinski definition) is 2. The molecule has 130 valence electrons. The minimum absolute atomic E-state index is 0.0564. The van der Waals surface area contributed by atoms with Gasteiger partial charge >= 0.3 is 5.97 Å². The number of aryl methyl sites for hydroxylation is 1. The number of benzene rings is 1. The van der Waals surface area contributed by atoms with Crippen molar-refractivity contribution in [2.45, 2.75) is 13.5 Å². The molecule has 3 rings (SSSR count). The summed E-state index contributed by atoms with van der Waals surface area (Å²) in [7, 11) is 0. The first kappa shape index (κ1) is 16.8. The van der Waals surface area contributed by atoms with Crippen molar-refractivity contribution in [3.8, 4) is 11.5 Å². The van der Waals surface area contributed by atoms with Gasteiger partial charge in [-0.3, -0.25) is 4.98 Å². The maximum atomic E-state index is 11.4. The SMILES string of the molecule is Cc1oc2ccc(OCc3ccc(OCCO)cn3)cc2c1C(=O)O. The van der Waals surface area contributed by atoms with Crippen molar-refractivity contribution < 1.29 is 28.9 Å². The van der Waals surface area contributed by atoms with Crippen LogP contribution in [0.2, 0.25) is 0 Å². The van der Waals surface area contributed by atoms with E-state index in [1.165, 1.54) is 0 Å². The van der Waals surface area contributed by atoms with Crippen molar-refractivity contribution in [2.24, 2.45) is 0 Å². The third-order valence-corrected chi connectivity index (χ3v) is 3.59. The molecule has 0 aliphatic rings. The number of carboxylic acid groups (broad SMARTS) is 1. The molecule has 0 spiro atoms. The summed E-state index contributed by atoms with van der Waals surface area (Å²) in [6.07, 6.45) is 1.56. The maximum Gasteiger partial charge on any atom is 0.339 e. The number of carbonyl (C=O) groups is 1. The average Bonchev–Trinajstić information content (AvgIpc) is 2.94. The fourth-order valence-electron chi connectivity index (χ4n) is 2.46. The third-order valence-electron chi connectivity index (χ3n) is 3.59. The Hall–Kier alpha value is -3.06. The van der Waals surface area contributed by atoms with Crippen LogP contribution in [0.1, 0.15) is 21.8 Å². The molecule has 1 aromatic carbocycles. The fraction of sp³-hybridized carbons (Fsp3) is 0.222. The van der Waals surface area contributed by atoms with Crippen molar-refractivity contribution >= 4 is 16.9 Å². The maximum absolute atomic E-state index is 11.4. The number of fused-ring (bicyclic) bond motifs is 1. The topological polar surface area (TPSA) is 102 Å².